The van der Waals surface area contributed by atoms with Gasteiger partial charge in [-0.25, -0.2) is 0 Å². The number of para-hydroxylation sites is 1. The summed E-state index contributed by atoms with van der Waals surface area (Å²) in [5.41, 5.74) is 0.969. The number of carbonyl (C=O) groups excluding carboxylic acids is 1. The van der Waals surface area contributed by atoms with E-state index < -0.39 is 0 Å². The van der Waals surface area contributed by atoms with Crippen LogP contribution < -0.4 is 19.1 Å². The van der Waals surface area contributed by atoms with Crippen molar-refractivity contribution in [3.05, 3.63) is 42.5 Å². The van der Waals surface area contributed by atoms with Crippen molar-refractivity contribution in [2.75, 3.05) is 24.8 Å². The van der Waals surface area contributed by atoms with Crippen molar-refractivity contribution in [1.29, 1.82) is 0 Å². The molecule has 0 radical (unpaired) electrons. The van der Waals surface area contributed by atoms with Gasteiger partial charge in [-0.05, 0) is 30.7 Å². The van der Waals surface area contributed by atoms with Crippen LogP contribution in [0.2, 0.25) is 0 Å². The minimum Gasteiger partial charge on any atom is -0.484 e. The summed E-state index contributed by atoms with van der Waals surface area (Å²) in [7, 11) is 0. The van der Waals surface area contributed by atoms with Gasteiger partial charge in [0.2, 0.25) is 6.79 Å². The van der Waals surface area contributed by atoms with Crippen LogP contribution in [0, 0.1) is 0 Å². The maximum absolute atomic E-state index is 12.8. The molecule has 2 aromatic rings. The highest BCUT2D eigenvalue weighted by Gasteiger charge is 2.24. The van der Waals surface area contributed by atoms with E-state index in [0.717, 1.165) is 17.0 Å². The highest BCUT2D eigenvalue weighted by atomic mass is 32.2. The van der Waals surface area contributed by atoms with Crippen molar-refractivity contribution < 1.29 is 19.0 Å². The summed E-state index contributed by atoms with van der Waals surface area (Å²) < 4.78 is 16.3. The number of hydrogen-bond donors (Lipinski definition) is 0. The van der Waals surface area contributed by atoms with Crippen LogP contribution in [0.15, 0.2) is 47.4 Å². The first-order valence-corrected chi connectivity index (χ1v) is 9.17. The van der Waals surface area contributed by atoms with Gasteiger partial charge >= 0.3 is 0 Å². The van der Waals surface area contributed by atoms with E-state index in [2.05, 4.69) is 13.0 Å². The topological polar surface area (TPSA) is 48.0 Å². The fraction of sp³-hybridized carbons (Fsp3) is 0.316. The number of carbonyl (C=O) groups is 1. The quantitative estimate of drug-likeness (QED) is 0.838. The molecule has 0 bridgehead atoms. The number of nitrogens with zero attached hydrogens (tertiary/aromatic N) is 1. The van der Waals surface area contributed by atoms with Crippen molar-refractivity contribution in [1.82, 2.24) is 0 Å². The number of hydrogen-bond acceptors (Lipinski definition) is 5. The van der Waals surface area contributed by atoms with Gasteiger partial charge in [0, 0.05) is 22.8 Å². The van der Waals surface area contributed by atoms with E-state index in [-0.39, 0.29) is 19.3 Å². The minimum absolute atomic E-state index is 0.00692. The molecule has 0 aromatic heterocycles. The van der Waals surface area contributed by atoms with Crippen LogP contribution in [0.5, 0.6) is 17.2 Å². The van der Waals surface area contributed by atoms with Gasteiger partial charge in [0.1, 0.15) is 5.75 Å². The molecule has 25 heavy (non-hydrogen) atoms. The normalized spacial score (nSPS) is 18.4. The Morgan fingerprint density at radius 1 is 1.24 bits per heavy atom. The molecule has 0 saturated carbocycles. The first-order valence-electron chi connectivity index (χ1n) is 8.29. The highest BCUT2D eigenvalue weighted by molar-refractivity contribution is 8.00. The molecule has 0 unspecified atom stereocenters. The molecule has 4 rings (SSSR count). The molecule has 0 saturated heterocycles. The monoisotopic (exact) mass is 357 g/mol. The lowest BCUT2D eigenvalue weighted by molar-refractivity contribution is -0.120. The SMILES string of the molecule is C[C@H]1CCN(C(=O)COc2ccc3c(c2)OCO3)c2ccccc2S1. The standard InChI is InChI=1S/C19H19NO4S/c1-13-8-9-20(15-4-2-3-5-18(15)25-13)19(21)11-22-14-6-7-16-17(10-14)24-12-23-16/h2-7,10,13H,8-9,11-12H2,1H3/t13-/m0/s1. The predicted molar refractivity (Wildman–Crippen MR) is 96.8 cm³/mol. The Balaban J connectivity index is 1.47. The number of thioether (sulfide) groups is 1. The lowest BCUT2D eigenvalue weighted by Crippen LogP contribution is -2.36. The third kappa shape index (κ3) is 3.39. The van der Waals surface area contributed by atoms with E-state index in [1.54, 1.807) is 18.2 Å². The van der Waals surface area contributed by atoms with E-state index in [9.17, 15) is 4.79 Å². The van der Waals surface area contributed by atoms with Gasteiger partial charge in [-0.15, -0.1) is 11.8 Å². The molecule has 1 amide bonds. The summed E-state index contributed by atoms with van der Waals surface area (Å²) in [4.78, 5) is 15.7. The largest absolute Gasteiger partial charge is 0.484 e. The first kappa shape index (κ1) is 16.1. The van der Waals surface area contributed by atoms with E-state index >= 15 is 0 Å². The summed E-state index contributed by atoms with van der Waals surface area (Å²) in [5.74, 6) is 1.91. The van der Waals surface area contributed by atoms with E-state index in [0.29, 0.717) is 29.0 Å². The van der Waals surface area contributed by atoms with Gasteiger partial charge in [0.05, 0.1) is 5.69 Å². The maximum atomic E-state index is 12.8. The second kappa shape index (κ2) is 6.88. The van der Waals surface area contributed by atoms with Crippen molar-refractivity contribution in [3.63, 3.8) is 0 Å². The van der Waals surface area contributed by atoms with Crippen molar-refractivity contribution >= 4 is 23.4 Å². The van der Waals surface area contributed by atoms with Crippen LogP contribution in [0.1, 0.15) is 13.3 Å². The molecule has 0 N–H and O–H groups in total. The van der Waals surface area contributed by atoms with Crippen LogP contribution in [0.4, 0.5) is 5.69 Å². The Bertz CT molecular complexity index is 795. The third-order valence-electron chi connectivity index (χ3n) is 4.25. The van der Waals surface area contributed by atoms with Crippen LogP contribution in [0.3, 0.4) is 0 Å². The van der Waals surface area contributed by atoms with E-state index in [1.807, 2.05) is 34.9 Å². The second-order valence-electron chi connectivity index (χ2n) is 6.03. The van der Waals surface area contributed by atoms with Crippen LogP contribution in [0.25, 0.3) is 0 Å². The molecule has 2 aromatic carbocycles. The van der Waals surface area contributed by atoms with Crippen molar-refractivity contribution in [3.8, 4) is 17.2 Å². The molecule has 6 heteroatoms. The molecule has 2 aliphatic rings. The zero-order valence-electron chi connectivity index (χ0n) is 13.9. The number of anilines is 1. The number of benzene rings is 2. The molecule has 5 nitrogen and oxygen atoms in total. The van der Waals surface area contributed by atoms with Gasteiger partial charge in [-0.1, -0.05) is 19.1 Å². The lowest BCUT2D eigenvalue weighted by Gasteiger charge is -2.22. The number of fused-ring (bicyclic) bond motifs is 2. The smallest absolute Gasteiger partial charge is 0.264 e. The summed E-state index contributed by atoms with van der Waals surface area (Å²) >= 11 is 1.82. The Labute approximate surface area is 150 Å². The van der Waals surface area contributed by atoms with E-state index in [1.165, 1.54) is 0 Å². The number of rotatable bonds is 3. The van der Waals surface area contributed by atoms with Crippen molar-refractivity contribution in [2.45, 2.75) is 23.5 Å². The van der Waals surface area contributed by atoms with Gasteiger partial charge in [-0.2, -0.15) is 0 Å². The number of amides is 1. The summed E-state index contributed by atoms with van der Waals surface area (Å²) in [6.07, 6.45) is 0.953. The summed E-state index contributed by atoms with van der Waals surface area (Å²) in [6, 6.07) is 13.4. The second-order valence-corrected chi connectivity index (χ2v) is 7.51. The number of ether oxygens (including phenoxy) is 3. The van der Waals surface area contributed by atoms with Crippen LogP contribution in [-0.2, 0) is 4.79 Å². The summed E-state index contributed by atoms with van der Waals surface area (Å²) in [6.45, 7) is 3.11. The Kier molecular flexibility index (Phi) is 4.44. The summed E-state index contributed by atoms with van der Waals surface area (Å²) in [5, 5.41) is 0.480. The van der Waals surface area contributed by atoms with Gasteiger partial charge < -0.3 is 19.1 Å². The van der Waals surface area contributed by atoms with Gasteiger partial charge in [-0.3, -0.25) is 4.79 Å². The molecule has 2 aliphatic heterocycles. The molecular weight excluding hydrogens is 338 g/mol. The van der Waals surface area contributed by atoms with Gasteiger partial charge in [0.25, 0.3) is 5.91 Å². The Morgan fingerprint density at radius 2 is 2.08 bits per heavy atom. The molecular formula is C19H19NO4S. The van der Waals surface area contributed by atoms with Crippen molar-refractivity contribution in [2.24, 2.45) is 0 Å². The Hall–Kier alpha value is -2.34. The van der Waals surface area contributed by atoms with E-state index in [4.69, 9.17) is 14.2 Å². The van der Waals surface area contributed by atoms with Crippen LogP contribution >= 0.6 is 11.8 Å². The molecule has 130 valence electrons. The molecule has 1 atom stereocenters. The molecule has 0 aliphatic carbocycles. The zero-order valence-corrected chi connectivity index (χ0v) is 14.8. The highest BCUT2D eigenvalue weighted by Crippen LogP contribution is 2.38. The Morgan fingerprint density at radius 3 is 3.00 bits per heavy atom. The molecule has 0 fully saturated rings. The molecule has 0 spiro atoms. The fourth-order valence-electron chi connectivity index (χ4n) is 2.94. The predicted octanol–water partition coefficient (Wildman–Crippen LogP) is 3.71. The third-order valence-corrected chi connectivity index (χ3v) is 5.49. The molecule has 2 heterocycles. The fourth-order valence-corrected chi connectivity index (χ4v) is 4.05. The van der Waals surface area contributed by atoms with Gasteiger partial charge in [0.15, 0.2) is 18.1 Å². The zero-order chi connectivity index (χ0) is 17.2. The van der Waals surface area contributed by atoms with Crippen LogP contribution in [-0.4, -0.2) is 31.1 Å². The minimum atomic E-state index is -0.0418. The lowest BCUT2D eigenvalue weighted by atomic mass is 10.2. The first-order chi connectivity index (χ1) is 12.2. The average Bonchev–Trinajstić information content (AvgIpc) is 3.02. The maximum Gasteiger partial charge on any atom is 0.264 e. The average molecular weight is 357 g/mol.